The summed E-state index contributed by atoms with van der Waals surface area (Å²) in [5.74, 6) is 0. The SMILES string of the molecule is CCc1ccsc1CNc1ccnc2cc(Cl)ccc12. The number of hydrogen-bond donors (Lipinski definition) is 1. The van der Waals surface area contributed by atoms with Crippen LogP contribution in [0.5, 0.6) is 0 Å². The van der Waals surface area contributed by atoms with Crippen molar-refractivity contribution < 1.29 is 0 Å². The van der Waals surface area contributed by atoms with Crippen LogP contribution in [0.25, 0.3) is 10.9 Å². The van der Waals surface area contributed by atoms with Crippen LogP contribution in [0.1, 0.15) is 17.4 Å². The molecule has 0 amide bonds. The Balaban J connectivity index is 1.88. The van der Waals surface area contributed by atoms with Gasteiger partial charge < -0.3 is 5.32 Å². The van der Waals surface area contributed by atoms with Gasteiger partial charge in [-0.15, -0.1) is 11.3 Å². The first-order valence-electron chi connectivity index (χ1n) is 6.61. The molecule has 0 fully saturated rings. The first-order chi connectivity index (χ1) is 9.78. The summed E-state index contributed by atoms with van der Waals surface area (Å²) in [5.41, 5.74) is 3.44. The van der Waals surface area contributed by atoms with E-state index in [0.717, 1.165) is 29.6 Å². The van der Waals surface area contributed by atoms with Crippen molar-refractivity contribution in [3.05, 3.63) is 57.4 Å². The van der Waals surface area contributed by atoms with Gasteiger partial charge in [-0.05, 0) is 47.7 Å². The molecule has 0 atom stereocenters. The Hall–Kier alpha value is -1.58. The molecular weight excluding hydrogens is 288 g/mol. The van der Waals surface area contributed by atoms with Gasteiger partial charge in [0.25, 0.3) is 0 Å². The number of halogens is 1. The number of nitrogens with one attached hydrogen (secondary N) is 1. The van der Waals surface area contributed by atoms with E-state index in [1.165, 1.54) is 10.4 Å². The molecule has 4 heteroatoms. The maximum Gasteiger partial charge on any atom is 0.0737 e. The second kappa shape index (κ2) is 5.81. The van der Waals surface area contributed by atoms with Crippen LogP contribution in [0, 0.1) is 0 Å². The minimum atomic E-state index is 0.716. The minimum absolute atomic E-state index is 0.716. The predicted octanol–water partition coefficient (Wildman–Crippen LogP) is 5.12. The summed E-state index contributed by atoms with van der Waals surface area (Å²) in [6.07, 6.45) is 2.89. The van der Waals surface area contributed by atoms with Gasteiger partial charge in [0.15, 0.2) is 0 Å². The predicted molar refractivity (Wildman–Crippen MR) is 87.8 cm³/mol. The van der Waals surface area contributed by atoms with Gasteiger partial charge in [0.1, 0.15) is 0 Å². The number of rotatable bonds is 4. The molecule has 20 heavy (non-hydrogen) atoms. The average Bonchev–Trinajstić information content (AvgIpc) is 2.92. The van der Waals surface area contributed by atoms with E-state index in [2.05, 4.69) is 28.7 Å². The first kappa shape index (κ1) is 13.4. The Bertz CT molecular complexity index is 736. The molecule has 0 saturated carbocycles. The van der Waals surface area contributed by atoms with Gasteiger partial charge >= 0.3 is 0 Å². The molecule has 0 saturated heterocycles. The zero-order valence-corrected chi connectivity index (χ0v) is 12.8. The Kier molecular flexibility index (Phi) is 3.90. The van der Waals surface area contributed by atoms with Crippen molar-refractivity contribution in [1.82, 2.24) is 4.98 Å². The number of anilines is 1. The lowest BCUT2D eigenvalue weighted by molar-refractivity contribution is 1.08. The maximum absolute atomic E-state index is 6.01. The molecule has 2 nitrogen and oxygen atoms in total. The molecule has 1 N–H and O–H groups in total. The number of fused-ring (bicyclic) bond motifs is 1. The Morgan fingerprint density at radius 3 is 3.00 bits per heavy atom. The second-order valence-electron chi connectivity index (χ2n) is 4.60. The molecule has 0 aliphatic heterocycles. The third-order valence-corrected chi connectivity index (χ3v) is 4.56. The van der Waals surface area contributed by atoms with Crippen LogP contribution in [0.2, 0.25) is 5.02 Å². The number of benzene rings is 1. The van der Waals surface area contributed by atoms with Crippen LogP contribution in [0.15, 0.2) is 41.9 Å². The van der Waals surface area contributed by atoms with Gasteiger partial charge in [-0.25, -0.2) is 0 Å². The molecule has 0 unspecified atom stereocenters. The Labute approximate surface area is 127 Å². The number of aryl methyl sites for hydroxylation is 1. The van der Waals surface area contributed by atoms with Gasteiger partial charge in [-0.1, -0.05) is 18.5 Å². The standard InChI is InChI=1S/C16H15ClN2S/c1-2-11-6-8-20-16(11)10-19-14-5-7-18-15-9-12(17)3-4-13(14)15/h3-9H,2,10H2,1H3,(H,18,19). The Morgan fingerprint density at radius 2 is 2.15 bits per heavy atom. The van der Waals surface area contributed by atoms with Gasteiger partial charge in [0.2, 0.25) is 0 Å². The minimum Gasteiger partial charge on any atom is -0.380 e. The number of nitrogens with zero attached hydrogens (tertiary/aromatic N) is 1. The molecule has 3 aromatic rings. The average molecular weight is 303 g/mol. The number of aromatic nitrogens is 1. The zero-order chi connectivity index (χ0) is 13.9. The summed E-state index contributed by atoms with van der Waals surface area (Å²) in [4.78, 5) is 5.75. The van der Waals surface area contributed by atoms with Crippen molar-refractivity contribution in [3.8, 4) is 0 Å². The molecule has 0 aliphatic carbocycles. The molecule has 0 radical (unpaired) electrons. The third kappa shape index (κ3) is 2.65. The molecule has 0 spiro atoms. The third-order valence-electron chi connectivity index (χ3n) is 3.36. The van der Waals surface area contributed by atoms with Gasteiger partial charge in [0.05, 0.1) is 5.52 Å². The van der Waals surface area contributed by atoms with Gasteiger partial charge in [-0.3, -0.25) is 4.98 Å². The summed E-state index contributed by atoms with van der Waals surface area (Å²) in [7, 11) is 0. The normalized spacial score (nSPS) is 10.9. The largest absolute Gasteiger partial charge is 0.380 e. The monoisotopic (exact) mass is 302 g/mol. The quantitative estimate of drug-likeness (QED) is 0.723. The van der Waals surface area contributed by atoms with Crippen molar-refractivity contribution in [2.24, 2.45) is 0 Å². The fourth-order valence-corrected chi connectivity index (χ4v) is 3.37. The summed E-state index contributed by atoms with van der Waals surface area (Å²) >= 11 is 7.81. The summed E-state index contributed by atoms with van der Waals surface area (Å²) in [6, 6.07) is 10.0. The van der Waals surface area contributed by atoms with Gasteiger partial charge in [-0.2, -0.15) is 0 Å². The van der Waals surface area contributed by atoms with E-state index in [9.17, 15) is 0 Å². The van der Waals surface area contributed by atoms with Crippen molar-refractivity contribution in [3.63, 3.8) is 0 Å². The van der Waals surface area contributed by atoms with Crippen LogP contribution in [-0.2, 0) is 13.0 Å². The number of thiophene rings is 1. The fraction of sp³-hybridized carbons (Fsp3) is 0.188. The molecule has 0 aliphatic rings. The zero-order valence-electron chi connectivity index (χ0n) is 11.2. The van der Waals surface area contributed by atoms with E-state index >= 15 is 0 Å². The summed E-state index contributed by atoms with van der Waals surface area (Å²) in [6.45, 7) is 3.04. The van der Waals surface area contributed by atoms with E-state index in [1.54, 1.807) is 11.3 Å². The molecule has 2 heterocycles. The number of pyridine rings is 1. The molecule has 2 aromatic heterocycles. The lowest BCUT2D eigenvalue weighted by Gasteiger charge is -2.09. The summed E-state index contributed by atoms with van der Waals surface area (Å²) < 4.78 is 0. The second-order valence-corrected chi connectivity index (χ2v) is 6.03. The van der Waals surface area contributed by atoms with Crippen molar-refractivity contribution in [1.29, 1.82) is 0 Å². The highest BCUT2D eigenvalue weighted by molar-refractivity contribution is 7.10. The lowest BCUT2D eigenvalue weighted by Crippen LogP contribution is -2.00. The maximum atomic E-state index is 6.01. The first-order valence-corrected chi connectivity index (χ1v) is 7.87. The van der Waals surface area contributed by atoms with Crippen molar-refractivity contribution in [2.75, 3.05) is 5.32 Å². The van der Waals surface area contributed by atoms with E-state index in [-0.39, 0.29) is 0 Å². The van der Waals surface area contributed by atoms with Crippen LogP contribution >= 0.6 is 22.9 Å². The smallest absolute Gasteiger partial charge is 0.0737 e. The van der Waals surface area contributed by atoms with E-state index in [1.807, 2.05) is 30.5 Å². The highest BCUT2D eigenvalue weighted by Crippen LogP contribution is 2.26. The molecule has 0 bridgehead atoms. The van der Waals surface area contributed by atoms with E-state index in [4.69, 9.17) is 11.6 Å². The molecule has 3 rings (SSSR count). The highest BCUT2D eigenvalue weighted by atomic mass is 35.5. The van der Waals surface area contributed by atoms with E-state index < -0.39 is 0 Å². The van der Waals surface area contributed by atoms with E-state index in [0.29, 0.717) is 5.02 Å². The van der Waals surface area contributed by atoms with Gasteiger partial charge in [0, 0.05) is 33.7 Å². The molecule has 1 aromatic carbocycles. The van der Waals surface area contributed by atoms with Crippen molar-refractivity contribution >= 4 is 39.5 Å². The lowest BCUT2D eigenvalue weighted by atomic mass is 10.1. The van der Waals surface area contributed by atoms with Crippen LogP contribution in [-0.4, -0.2) is 4.98 Å². The fourth-order valence-electron chi connectivity index (χ4n) is 2.29. The van der Waals surface area contributed by atoms with Crippen molar-refractivity contribution in [2.45, 2.75) is 19.9 Å². The van der Waals surface area contributed by atoms with Crippen LogP contribution < -0.4 is 5.32 Å². The highest BCUT2D eigenvalue weighted by Gasteiger charge is 2.05. The van der Waals surface area contributed by atoms with Crippen LogP contribution in [0.3, 0.4) is 0 Å². The Morgan fingerprint density at radius 1 is 1.25 bits per heavy atom. The number of hydrogen-bond acceptors (Lipinski definition) is 3. The topological polar surface area (TPSA) is 24.9 Å². The summed E-state index contributed by atoms with van der Waals surface area (Å²) in [5, 5.41) is 7.48. The molecule has 102 valence electrons. The van der Waals surface area contributed by atoms with Crippen LogP contribution in [0.4, 0.5) is 5.69 Å². The molecular formula is C16H15ClN2S.